The van der Waals surface area contributed by atoms with E-state index in [4.69, 9.17) is 9.47 Å². The summed E-state index contributed by atoms with van der Waals surface area (Å²) in [4.78, 5) is 22.5. The third-order valence-corrected chi connectivity index (χ3v) is 2.50. The summed E-state index contributed by atoms with van der Waals surface area (Å²) in [7, 11) is 0. The molecule has 0 radical (unpaired) electrons. The molecule has 0 aromatic heterocycles. The van der Waals surface area contributed by atoms with E-state index in [9.17, 15) is 9.59 Å². The van der Waals surface area contributed by atoms with Gasteiger partial charge in [-0.15, -0.1) is 0 Å². The van der Waals surface area contributed by atoms with Gasteiger partial charge in [0.25, 0.3) is 0 Å². The van der Waals surface area contributed by atoms with Crippen LogP contribution in [0.5, 0.6) is 0 Å². The zero-order valence-corrected chi connectivity index (χ0v) is 10.7. The van der Waals surface area contributed by atoms with Crippen LogP contribution in [0.3, 0.4) is 0 Å². The Morgan fingerprint density at radius 3 is 2.25 bits per heavy atom. The molecule has 4 nitrogen and oxygen atoms in total. The van der Waals surface area contributed by atoms with Gasteiger partial charge in [0.15, 0.2) is 0 Å². The van der Waals surface area contributed by atoms with Crippen LogP contribution in [-0.4, -0.2) is 25.2 Å². The lowest BCUT2D eigenvalue weighted by Gasteiger charge is -2.20. The zero-order valence-electron chi connectivity index (χ0n) is 10.7. The van der Waals surface area contributed by atoms with Gasteiger partial charge in [-0.1, -0.05) is 6.92 Å². The molecule has 0 bridgehead atoms. The summed E-state index contributed by atoms with van der Waals surface area (Å²) in [6.45, 7) is 8.07. The van der Waals surface area contributed by atoms with Crippen LogP contribution in [-0.2, 0) is 19.1 Å². The van der Waals surface area contributed by atoms with Crippen molar-refractivity contribution in [2.75, 3.05) is 13.2 Å². The predicted octanol–water partition coefficient (Wildman–Crippen LogP) is 2.31. The fourth-order valence-corrected chi connectivity index (χ4v) is 0.954. The minimum atomic E-state index is -0.441. The largest absolute Gasteiger partial charge is 0.466 e. The topological polar surface area (TPSA) is 52.6 Å². The molecule has 0 unspecified atom stereocenters. The summed E-state index contributed by atoms with van der Waals surface area (Å²) in [6, 6.07) is 0. The van der Waals surface area contributed by atoms with Gasteiger partial charge in [-0.2, -0.15) is 0 Å². The van der Waals surface area contributed by atoms with Crippen LogP contribution in [0, 0.1) is 5.41 Å². The normalized spacial score (nSPS) is 11.0. The molecule has 0 saturated carbocycles. The second kappa shape index (κ2) is 7.25. The number of rotatable bonds is 7. The van der Waals surface area contributed by atoms with Gasteiger partial charge >= 0.3 is 11.9 Å². The lowest BCUT2D eigenvalue weighted by atomic mass is 9.91. The highest BCUT2D eigenvalue weighted by molar-refractivity contribution is 5.75. The van der Waals surface area contributed by atoms with Gasteiger partial charge in [0.05, 0.1) is 18.6 Å². The highest BCUT2D eigenvalue weighted by Gasteiger charge is 2.26. The molecule has 0 saturated heterocycles. The van der Waals surface area contributed by atoms with E-state index in [0.717, 1.165) is 6.42 Å². The molecule has 0 aromatic rings. The molecule has 16 heavy (non-hydrogen) atoms. The lowest BCUT2D eigenvalue weighted by molar-refractivity contribution is -0.155. The zero-order chi connectivity index (χ0) is 12.6. The predicted molar refractivity (Wildman–Crippen MR) is 60.9 cm³/mol. The van der Waals surface area contributed by atoms with Crippen molar-refractivity contribution < 1.29 is 19.1 Å². The first-order chi connectivity index (χ1) is 7.44. The van der Waals surface area contributed by atoms with E-state index < -0.39 is 5.41 Å². The molecule has 0 aliphatic rings. The van der Waals surface area contributed by atoms with Crippen LogP contribution in [0.1, 0.15) is 47.0 Å². The molecule has 0 aliphatic carbocycles. The third kappa shape index (κ3) is 5.73. The summed E-state index contributed by atoms with van der Waals surface area (Å²) < 4.78 is 9.84. The minimum Gasteiger partial charge on any atom is -0.466 e. The summed E-state index contributed by atoms with van der Waals surface area (Å²) in [5, 5.41) is 0. The standard InChI is InChI=1S/C12H22O4/c1-5-12(3,4)11(14)16-9-7-8-10(13)15-6-2/h5-9H2,1-4H3. The molecule has 0 amide bonds. The lowest BCUT2D eigenvalue weighted by Crippen LogP contribution is -2.26. The van der Waals surface area contributed by atoms with E-state index in [1.807, 2.05) is 20.8 Å². The van der Waals surface area contributed by atoms with Crippen LogP contribution in [0.25, 0.3) is 0 Å². The Morgan fingerprint density at radius 1 is 1.12 bits per heavy atom. The maximum atomic E-state index is 11.5. The van der Waals surface area contributed by atoms with Gasteiger partial charge < -0.3 is 9.47 Å². The molecule has 0 fully saturated rings. The van der Waals surface area contributed by atoms with Crippen molar-refractivity contribution in [1.29, 1.82) is 0 Å². The van der Waals surface area contributed by atoms with Gasteiger partial charge in [0.2, 0.25) is 0 Å². The first kappa shape index (κ1) is 14.9. The molecule has 0 spiro atoms. The Morgan fingerprint density at radius 2 is 1.75 bits per heavy atom. The van der Waals surface area contributed by atoms with Crippen molar-refractivity contribution in [1.82, 2.24) is 0 Å². The fraction of sp³-hybridized carbons (Fsp3) is 0.833. The van der Waals surface area contributed by atoms with Gasteiger partial charge in [-0.3, -0.25) is 9.59 Å². The maximum absolute atomic E-state index is 11.5. The molecule has 0 atom stereocenters. The van der Waals surface area contributed by atoms with Gasteiger partial charge in [0, 0.05) is 6.42 Å². The number of carbonyl (C=O) groups excluding carboxylic acids is 2. The summed E-state index contributed by atoms with van der Waals surface area (Å²) in [5.41, 5.74) is -0.441. The molecule has 4 heteroatoms. The number of carbonyl (C=O) groups is 2. The molecule has 94 valence electrons. The van der Waals surface area contributed by atoms with E-state index in [2.05, 4.69) is 0 Å². The SMILES string of the molecule is CCOC(=O)CCCOC(=O)C(C)(C)CC. The average molecular weight is 230 g/mol. The van der Waals surface area contributed by atoms with Crippen LogP contribution < -0.4 is 0 Å². The molecule has 0 N–H and O–H groups in total. The van der Waals surface area contributed by atoms with Gasteiger partial charge in [-0.05, 0) is 33.6 Å². The number of ether oxygens (including phenoxy) is 2. The van der Waals surface area contributed by atoms with Gasteiger partial charge in [-0.25, -0.2) is 0 Å². The van der Waals surface area contributed by atoms with Crippen molar-refractivity contribution in [2.45, 2.75) is 47.0 Å². The number of hydrogen-bond acceptors (Lipinski definition) is 4. The monoisotopic (exact) mass is 230 g/mol. The van der Waals surface area contributed by atoms with E-state index in [-0.39, 0.29) is 18.5 Å². The van der Waals surface area contributed by atoms with Gasteiger partial charge in [0.1, 0.15) is 0 Å². The fourth-order valence-electron chi connectivity index (χ4n) is 0.954. The molecule has 0 heterocycles. The molecule has 0 rings (SSSR count). The number of esters is 2. The Kier molecular flexibility index (Phi) is 6.77. The van der Waals surface area contributed by atoms with Crippen LogP contribution in [0.4, 0.5) is 0 Å². The van der Waals surface area contributed by atoms with Crippen molar-refractivity contribution >= 4 is 11.9 Å². The third-order valence-electron chi connectivity index (χ3n) is 2.50. The van der Waals surface area contributed by atoms with E-state index >= 15 is 0 Å². The van der Waals surface area contributed by atoms with Crippen LogP contribution in [0.2, 0.25) is 0 Å². The Bertz CT molecular complexity index is 233. The second-order valence-corrected chi connectivity index (χ2v) is 4.28. The Labute approximate surface area is 97.3 Å². The smallest absolute Gasteiger partial charge is 0.311 e. The quantitative estimate of drug-likeness (QED) is 0.497. The van der Waals surface area contributed by atoms with E-state index in [1.165, 1.54) is 0 Å². The number of hydrogen-bond donors (Lipinski definition) is 0. The molecular formula is C12H22O4. The summed E-state index contributed by atoms with van der Waals surface area (Å²) in [5.74, 6) is -0.452. The maximum Gasteiger partial charge on any atom is 0.311 e. The van der Waals surface area contributed by atoms with E-state index in [1.54, 1.807) is 6.92 Å². The molecule has 0 aromatic carbocycles. The Balaban J connectivity index is 3.67. The molecule has 0 aliphatic heterocycles. The van der Waals surface area contributed by atoms with Crippen molar-refractivity contribution in [3.8, 4) is 0 Å². The minimum absolute atomic E-state index is 0.209. The highest BCUT2D eigenvalue weighted by Crippen LogP contribution is 2.21. The average Bonchev–Trinajstić information content (AvgIpc) is 2.24. The first-order valence-corrected chi connectivity index (χ1v) is 5.77. The Hall–Kier alpha value is -1.06. The van der Waals surface area contributed by atoms with Crippen molar-refractivity contribution in [3.05, 3.63) is 0 Å². The van der Waals surface area contributed by atoms with Crippen LogP contribution >= 0.6 is 0 Å². The first-order valence-electron chi connectivity index (χ1n) is 5.77. The summed E-state index contributed by atoms with van der Waals surface area (Å²) >= 11 is 0. The van der Waals surface area contributed by atoms with Crippen molar-refractivity contribution in [3.63, 3.8) is 0 Å². The molecular weight excluding hydrogens is 208 g/mol. The van der Waals surface area contributed by atoms with Crippen molar-refractivity contribution in [2.24, 2.45) is 5.41 Å². The second-order valence-electron chi connectivity index (χ2n) is 4.28. The van der Waals surface area contributed by atoms with E-state index in [0.29, 0.717) is 19.4 Å². The van der Waals surface area contributed by atoms with Crippen LogP contribution in [0.15, 0.2) is 0 Å². The highest BCUT2D eigenvalue weighted by atomic mass is 16.5. The summed E-state index contributed by atoms with van der Waals surface area (Å²) in [6.07, 6.45) is 1.56.